The second-order valence-electron chi connectivity index (χ2n) is 7.15. The van der Waals surface area contributed by atoms with E-state index in [0.29, 0.717) is 17.4 Å². The minimum absolute atomic E-state index is 0.00671. The van der Waals surface area contributed by atoms with Gasteiger partial charge in [0.2, 0.25) is 0 Å². The number of nitrogens with zero attached hydrogens (tertiary/aromatic N) is 1. The first kappa shape index (κ1) is 12.6. The van der Waals surface area contributed by atoms with E-state index >= 15 is 0 Å². The zero-order valence-corrected chi connectivity index (χ0v) is 12.2. The molecule has 3 N–H and O–H groups in total. The molecule has 2 aliphatic rings. The molecule has 2 saturated carbocycles. The fourth-order valence-corrected chi connectivity index (χ4v) is 3.10. The molecule has 3 rings (SSSR count). The smallest absolute Gasteiger partial charge is 0.268 e. The van der Waals surface area contributed by atoms with Crippen LogP contribution in [0.1, 0.15) is 57.1 Å². The number of nitrogens with two attached hydrogens (primary N) is 1. The van der Waals surface area contributed by atoms with Crippen molar-refractivity contribution in [2.24, 2.45) is 10.8 Å². The summed E-state index contributed by atoms with van der Waals surface area (Å²) in [5.74, 6) is 0.00671. The van der Waals surface area contributed by atoms with Crippen LogP contribution in [0.4, 0.5) is 5.69 Å². The summed E-state index contributed by atoms with van der Waals surface area (Å²) in [7, 11) is 0. The second-order valence-corrected chi connectivity index (χ2v) is 7.15. The summed E-state index contributed by atoms with van der Waals surface area (Å²) in [5.41, 5.74) is 7.53. The Morgan fingerprint density at radius 2 is 1.89 bits per heavy atom. The molecular weight excluding hydrogens is 238 g/mol. The predicted molar refractivity (Wildman–Crippen MR) is 75.9 cm³/mol. The Bertz CT molecular complexity index is 524. The zero-order chi connectivity index (χ0) is 14.0. The molecule has 4 nitrogen and oxygen atoms in total. The fourth-order valence-electron chi connectivity index (χ4n) is 3.10. The molecule has 0 saturated heterocycles. The van der Waals surface area contributed by atoms with Crippen molar-refractivity contribution in [1.82, 2.24) is 9.88 Å². The lowest BCUT2D eigenvalue weighted by atomic mass is 10.0. The van der Waals surface area contributed by atoms with Crippen LogP contribution in [0.5, 0.6) is 0 Å². The molecular formula is C15H23N3O. The number of hydrogen-bond donors (Lipinski definition) is 2. The summed E-state index contributed by atoms with van der Waals surface area (Å²) in [6.45, 7) is 8.80. The number of carbonyl (C=O) groups excluding carboxylic acids is 1. The molecule has 4 heteroatoms. The average molecular weight is 261 g/mol. The minimum atomic E-state index is 0.00671. The van der Waals surface area contributed by atoms with Crippen molar-refractivity contribution in [1.29, 1.82) is 0 Å². The number of hydrogen-bond acceptors (Lipinski definition) is 2. The highest BCUT2D eigenvalue weighted by atomic mass is 16.2. The van der Waals surface area contributed by atoms with E-state index in [1.165, 1.54) is 0 Å². The molecule has 0 radical (unpaired) electrons. The van der Waals surface area contributed by atoms with Gasteiger partial charge in [0.25, 0.3) is 5.91 Å². The van der Waals surface area contributed by atoms with Crippen molar-refractivity contribution < 1.29 is 4.79 Å². The van der Waals surface area contributed by atoms with Crippen LogP contribution in [-0.4, -0.2) is 16.5 Å². The van der Waals surface area contributed by atoms with E-state index in [9.17, 15) is 4.79 Å². The van der Waals surface area contributed by atoms with E-state index in [-0.39, 0.29) is 22.8 Å². The van der Waals surface area contributed by atoms with Crippen LogP contribution in [0.25, 0.3) is 0 Å². The third kappa shape index (κ3) is 1.77. The van der Waals surface area contributed by atoms with Gasteiger partial charge in [0.1, 0.15) is 5.69 Å². The largest absolute Gasteiger partial charge is 0.397 e. The van der Waals surface area contributed by atoms with Crippen molar-refractivity contribution in [2.75, 3.05) is 5.73 Å². The Labute approximate surface area is 114 Å². The lowest BCUT2D eigenvalue weighted by Gasteiger charge is -2.09. The van der Waals surface area contributed by atoms with Gasteiger partial charge in [0.15, 0.2) is 0 Å². The van der Waals surface area contributed by atoms with Gasteiger partial charge in [0.05, 0.1) is 5.69 Å². The number of rotatable bonds is 3. The van der Waals surface area contributed by atoms with Crippen LogP contribution in [0.15, 0.2) is 12.3 Å². The molecule has 2 fully saturated rings. The molecule has 2 aliphatic carbocycles. The highest BCUT2D eigenvalue weighted by Crippen LogP contribution is 2.62. The molecule has 1 heterocycles. The highest BCUT2D eigenvalue weighted by Gasteiger charge is 2.65. The Kier molecular flexibility index (Phi) is 2.35. The van der Waals surface area contributed by atoms with Crippen LogP contribution in [0.2, 0.25) is 0 Å². The van der Waals surface area contributed by atoms with Gasteiger partial charge in [-0.15, -0.1) is 0 Å². The molecule has 1 aromatic rings. The number of nitrogen functional groups attached to an aromatic ring is 1. The van der Waals surface area contributed by atoms with Crippen molar-refractivity contribution >= 4 is 11.6 Å². The number of anilines is 1. The zero-order valence-electron chi connectivity index (χ0n) is 12.2. The van der Waals surface area contributed by atoms with E-state index in [4.69, 9.17) is 5.73 Å². The number of carbonyl (C=O) groups is 1. The van der Waals surface area contributed by atoms with Crippen molar-refractivity contribution in [3.05, 3.63) is 18.0 Å². The molecule has 0 bridgehead atoms. The van der Waals surface area contributed by atoms with Gasteiger partial charge in [-0.2, -0.15) is 0 Å². The summed E-state index contributed by atoms with van der Waals surface area (Å²) >= 11 is 0. The Morgan fingerprint density at radius 3 is 2.37 bits per heavy atom. The summed E-state index contributed by atoms with van der Waals surface area (Å²) in [4.78, 5) is 12.4. The molecule has 0 aromatic carbocycles. The summed E-state index contributed by atoms with van der Waals surface area (Å²) in [6, 6.07) is 2.49. The van der Waals surface area contributed by atoms with Crippen LogP contribution in [0.3, 0.4) is 0 Å². The third-order valence-electron chi connectivity index (χ3n) is 5.34. The van der Waals surface area contributed by atoms with Gasteiger partial charge < -0.3 is 15.6 Å². The monoisotopic (exact) mass is 261 g/mol. The van der Waals surface area contributed by atoms with Crippen LogP contribution in [0, 0.1) is 10.8 Å². The minimum Gasteiger partial charge on any atom is -0.397 e. The van der Waals surface area contributed by atoms with Crippen molar-refractivity contribution in [2.45, 2.75) is 52.6 Å². The van der Waals surface area contributed by atoms with E-state index in [0.717, 1.165) is 12.8 Å². The molecule has 0 aliphatic heterocycles. The van der Waals surface area contributed by atoms with Gasteiger partial charge in [-0.1, -0.05) is 27.7 Å². The lowest BCUT2D eigenvalue weighted by molar-refractivity contribution is 0.0934. The fraction of sp³-hybridized carbons (Fsp3) is 0.667. The molecule has 1 aromatic heterocycles. The molecule has 104 valence electrons. The SMILES string of the molecule is CC1(C)C(NC(=O)c2cc(N)cn2C2CC2)C1(C)C. The maximum atomic E-state index is 12.4. The first-order chi connectivity index (χ1) is 8.75. The van der Waals surface area contributed by atoms with E-state index in [1.54, 1.807) is 6.07 Å². The Hall–Kier alpha value is -1.45. The number of nitrogens with one attached hydrogen (secondary N) is 1. The normalized spacial score (nSPS) is 24.2. The molecule has 19 heavy (non-hydrogen) atoms. The number of aromatic nitrogens is 1. The molecule has 0 atom stereocenters. The third-order valence-corrected chi connectivity index (χ3v) is 5.34. The summed E-state index contributed by atoms with van der Waals surface area (Å²) in [6.07, 6.45) is 4.18. The summed E-state index contributed by atoms with van der Waals surface area (Å²) < 4.78 is 2.03. The first-order valence-corrected chi connectivity index (χ1v) is 7.03. The highest BCUT2D eigenvalue weighted by molar-refractivity contribution is 5.94. The van der Waals surface area contributed by atoms with Crippen LogP contribution >= 0.6 is 0 Å². The molecule has 0 unspecified atom stereocenters. The van der Waals surface area contributed by atoms with E-state index in [1.807, 2.05) is 10.8 Å². The Balaban J connectivity index is 1.79. The van der Waals surface area contributed by atoms with E-state index in [2.05, 4.69) is 33.0 Å². The van der Waals surface area contributed by atoms with Gasteiger partial charge in [-0.3, -0.25) is 4.79 Å². The van der Waals surface area contributed by atoms with Crippen LogP contribution < -0.4 is 11.1 Å². The average Bonchev–Trinajstić information content (AvgIpc) is 3.15. The topological polar surface area (TPSA) is 60.1 Å². The quantitative estimate of drug-likeness (QED) is 0.878. The lowest BCUT2D eigenvalue weighted by Crippen LogP contribution is -2.31. The molecule has 1 amide bonds. The molecule has 0 spiro atoms. The maximum Gasteiger partial charge on any atom is 0.268 e. The van der Waals surface area contributed by atoms with E-state index < -0.39 is 0 Å². The van der Waals surface area contributed by atoms with Gasteiger partial charge in [0, 0.05) is 18.3 Å². The van der Waals surface area contributed by atoms with Gasteiger partial charge in [-0.05, 0) is 29.7 Å². The van der Waals surface area contributed by atoms with Crippen LogP contribution in [-0.2, 0) is 0 Å². The summed E-state index contributed by atoms with van der Waals surface area (Å²) in [5, 5.41) is 3.17. The standard InChI is InChI=1S/C15H23N3O/c1-14(2)13(15(14,3)4)17-12(19)11-7-9(16)8-18(11)10-5-6-10/h7-8,10,13H,5-6,16H2,1-4H3,(H,17,19). The first-order valence-electron chi connectivity index (χ1n) is 7.03. The maximum absolute atomic E-state index is 12.4. The van der Waals surface area contributed by atoms with Gasteiger partial charge >= 0.3 is 0 Å². The van der Waals surface area contributed by atoms with Crippen molar-refractivity contribution in [3.8, 4) is 0 Å². The second kappa shape index (κ2) is 3.56. The van der Waals surface area contributed by atoms with Crippen molar-refractivity contribution in [3.63, 3.8) is 0 Å². The number of amides is 1. The predicted octanol–water partition coefficient (Wildman–Crippen LogP) is 2.57. The van der Waals surface area contributed by atoms with Gasteiger partial charge in [-0.25, -0.2) is 0 Å². The Morgan fingerprint density at radius 1 is 1.32 bits per heavy atom.